The van der Waals surface area contributed by atoms with E-state index >= 15 is 0 Å². The van der Waals surface area contributed by atoms with Gasteiger partial charge >= 0.3 is 33.9 Å². The van der Waals surface area contributed by atoms with E-state index in [1.54, 1.807) is 0 Å². The minimum absolute atomic E-state index is 0. The molecule has 1 aromatic rings. The zero-order chi connectivity index (χ0) is 9.54. The maximum atomic E-state index is 7.50. The van der Waals surface area contributed by atoms with Crippen molar-refractivity contribution in [3.05, 3.63) is 50.3 Å². The van der Waals surface area contributed by atoms with E-state index in [-0.39, 0.29) is 21.1 Å². The Morgan fingerprint density at radius 1 is 0.750 bits per heavy atom. The summed E-state index contributed by atoms with van der Waals surface area (Å²) in [5.41, 5.74) is 0. The minimum Gasteiger partial charge on any atom is -0.214 e. The molecule has 4 heteroatoms. The molecule has 0 aliphatic heterocycles. The van der Waals surface area contributed by atoms with Crippen LogP contribution in [0.5, 0.6) is 0 Å². The molecule has 0 aliphatic carbocycles. The molecular weight excluding hydrogens is 328 g/mol. The molecule has 12 heavy (non-hydrogen) atoms. The third-order valence-corrected chi connectivity index (χ3v) is 0.556. The van der Waals surface area contributed by atoms with E-state index in [2.05, 4.69) is 20.0 Å². The van der Waals surface area contributed by atoms with Gasteiger partial charge < -0.3 is 0 Å². The van der Waals surface area contributed by atoms with Crippen molar-refractivity contribution >= 4 is 0 Å². The quantitative estimate of drug-likeness (QED) is 0.508. The van der Waals surface area contributed by atoms with Gasteiger partial charge in [0.2, 0.25) is 0 Å². The van der Waals surface area contributed by atoms with Crippen LogP contribution in [0.3, 0.4) is 0 Å². The molecule has 0 fully saturated rings. The minimum atomic E-state index is 0. The zero-order valence-electron chi connectivity index (χ0n) is 6.02. The molecule has 0 saturated heterocycles. The van der Waals surface area contributed by atoms with Crippen molar-refractivity contribution in [2.45, 2.75) is 0 Å². The van der Waals surface area contributed by atoms with Crippen molar-refractivity contribution in [2.75, 3.05) is 0 Å². The van der Waals surface area contributed by atoms with Crippen LogP contribution < -0.4 is 0 Å². The second kappa shape index (κ2) is 48.5. The van der Waals surface area contributed by atoms with Gasteiger partial charge in [0.25, 0.3) is 0 Å². The normalized spacial score (nSPS) is 3.83. The fourth-order valence-corrected chi connectivity index (χ4v) is 0.321. The van der Waals surface area contributed by atoms with Crippen LogP contribution in [0.1, 0.15) is 0 Å². The summed E-state index contributed by atoms with van der Waals surface area (Å²) < 4.78 is 22.5. The van der Waals surface area contributed by atoms with E-state index in [1.807, 2.05) is 30.3 Å². The Labute approximate surface area is 85.6 Å². The zero-order valence-corrected chi connectivity index (χ0v) is 8.95. The van der Waals surface area contributed by atoms with Crippen LogP contribution in [-0.4, -0.2) is 0 Å². The van der Waals surface area contributed by atoms with Crippen molar-refractivity contribution in [3.8, 4) is 0 Å². The first-order valence-corrected chi connectivity index (χ1v) is 2.28. The van der Waals surface area contributed by atoms with E-state index in [0.717, 1.165) is 0 Å². The standard InChI is InChI=1S/C5H5.3CO.W/c1-2-4-5-3-1;3*1-2;/h1-5H;;;;/q-1;;;;. The molecule has 0 aliphatic rings. The Morgan fingerprint density at radius 2 is 1.00 bits per heavy atom. The predicted octanol–water partition coefficient (Wildman–Crippen LogP) is 1.29. The van der Waals surface area contributed by atoms with Gasteiger partial charge in [-0.3, -0.25) is 0 Å². The van der Waals surface area contributed by atoms with Crippen molar-refractivity contribution in [1.29, 1.82) is 0 Å². The maximum absolute atomic E-state index is 7.50. The van der Waals surface area contributed by atoms with E-state index in [9.17, 15) is 0 Å². The maximum Gasteiger partial charge on any atom is 0 e. The molecular formula is C8H5O3W-. The van der Waals surface area contributed by atoms with Gasteiger partial charge in [-0.15, -0.1) is 0 Å². The molecule has 0 spiro atoms. The van der Waals surface area contributed by atoms with Crippen LogP contribution in [0, 0.1) is 20.0 Å². The number of hydrogen-bond acceptors (Lipinski definition) is 0. The van der Waals surface area contributed by atoms with Gasteiger partial charge in [0.1, 0.15) is 0 Å². The summed E-state index contributed by atoms with van der Waals surface area (Å²) in [6.07, 6.45) is 0. The number of hydrogen-bond donors (Lipinski definition) is 0. The van der Waals surface area contributed by atoms with E-state index < -0.39 is 0 Å². The molecule has 1 rings (SSSR count). The van der Waals surface area contributed by atoms with E-state index in [0.29, 0.717) is 0 Å². The largest absolute Gasteiger partial charge is 0.214 e. The Balaban J connectivity index is -0.0000000406. The summed E-state index contributed by atoms with van der Waals surface area (Å²) in [5, 5.41) is 0. The molecule has 0 bridgehead atoms. The van der Waals surface area contributed by atoms with Crippen LogP contribution in [0.25, 0.3) is 0 Å². The Bertz CT molecular complexity index is 142. The smallest absolute Gasteiger partial charge is 0 e. The van der Waals surface area contributed by atoms with Gasteiger partial charge in [-0.05, 0) is 0 Å². The van der Waals surface area contributed by atoms with Gasteiger partial charge in [-0.2, -0.15) is 18.2 Å². The van der Waals surface area contributed by atoms with Crippen molar-refractivity contribution in [3.63, 3.8) is 0 Å². The molecule has 62 valence electrons. The van der Waals surface area contributed by atoms with Crippen LogP contribution in [0.15, 0.2) is 30.3 Å². The molecule has 0 atom stereocenters. The van der Waals surface area contributed by atoms with Gasteiger partial charge in [0.15, 0.2) is 0 Å². The van der Waals surface area contributed by atoms with Gasteiger partial charge in [-0.25, -0.2) is 12.1 Å². The molecule has 3 nitrogen and oxygen atoms in total. The van der Waals surface area contributed by atoms with E-state index in [4.69, 9.17) is 14.0 Å². The Morgan fingerprint density at radius 3 is 1.08 bits per heavy atom. The van der Waals surface area contributed by atoms with Crippen LogP contribution in [-0.2, 0) is 35.0 Å². The molecule has 0 unspecified atom stereocenters. The summed E-state index contributed by atoms with van der Waals surface area (Å²) >= 11 is 0. The predicted molar refractivity (Wildman–Crippen MR) is 33.8 cm³/mol. The summed E-state index contributed by atoms with van der Waals surface area (Å²) in [6, 6.07) is 10.0. The van der Waals surface area contributed by atoms with Crippen LogP contribution in [0.4, 0.5) is 0 Å². The molecule has 0 saturated carbocycles. The van der Waals surface area contributed by atoms with Gasteiger partial charge in [-0.1, -0.05) is 0 Å². The number of rotatable bonds is 0. The Hall–Kier alpha value is -0.742. The fraction of sp³-hybridized carbons (Fsp3) is 0. The van der Waals surface area contributed by atoms with Gasteiger partial charge in [0.05, 0.1) is 0 Å². The average molecular weight is 333 g/mol. The second-order valence-electron chi connectivity index (χ2n) is 0.962. The monoisotopic (exact) mass is 333 g/mol. The Kier molecular flexibility index (Phi) is 90.9. The van der Waals surface area contributed by atoms with Crippen molar-refractivity contribution in [2.24, 2.45) is 0 Å². The molecule has 0 N–H and O–H groups in total. The average Bonchev–Trinajstić information content (AvgIpc) is 2.71. The third kappa shape index (κ3) is 34.8. The fourth-order valence-electron chi connectivity index (χ4n) is 0.321. The summed E-state index contributed by atoms with van der Waals surface area (Å²) in [6.45, 7) is 13.5. The first-order chi connectivity index (χ1) is 5.50. The summed E-state index contributed by atoms with van der Waals surface area (Å²) in [7, 11) is 0. The van der Waals surface area contributed by atoms with E-state index in [1.165, 1.54) is 0 Å². The van der Waals surface area contributed by atoms with Crippen molar-refractivity contribution in [1.82, 2.24) is 0 Å². The molecule has 0 heterocycles. The molecule has 0 radical (unpaired) electrons. The SMILES string of the molecule is [C-]#[O+].[C-]#[O+].[C-]#[O+].[W].c1cc[cH-]c1. The molecule has 1 aromatic carbocycles. The van der Waals surface area contributed by atoms with Crippen LogP contribution >= 0.6 is 0 Å². The van der Waals surface area contributed by atoms with Gasteiger partial charge in [0, 0.05) is 21.1 Å². The first kappa shape index (κ1) is 22.5. The molecule has 0 amide bonds. The first-order valence-electron chi connectivity index (χ1n) is 2.28. The second-order valence-corrected chi connectivity index (χ2v) is 0.962. The third-order valence-electron chi connectivity index (χ3n) is 0.556. The summed E-state index contributed by atoms with van der Waals surface area (Å²) in [4.78, 5) is 0. The van der Waals surface area contributed by atoms with Crippen molar-refractivity contribution < 1.29 is 35.0 Å². The molecule has 0 aromatic heterocycles. The van der Waals surface area contributed by atoms with Crippen LogP contribution in [0.2, 0.25) is 0 Å². The summed E-state index contributed by atoms with van der Waals surface area (Å²) in [5.74, 6) is 0. The topological polar surface area (TPSA) is 59.7 Å².